The largest absolute Gasteiger partial charge is 0.289 e. The highest BCUT2D eigenvalue weighted by Crippen LogP contribution is 2.11. The van der Waals surface area contributed by atoms with Gasteiger partial charge in [-0.3, -0.25) is 10.0 Å². The van der Waals surface area contributed by atoms with E-state index in [1.807, 2.05) is 24.3 Å². The van der Waals surface area contributed by atoms with Crippen molar-refractivity contribution in [2.45, 2.75) is 26.2 Å². The van der Waals surface area contributed by atoms with Gasteiger partial charge in [0.1, 0.15) is 0 Å². The van der Waals surface area contributed by atoms with Crippen LogP contribution in [0.2, 0.25) is 0 Å². The lowest BCUT2D eigenvalue weighted by Gasteiger charge is -2.06. The number of carbonyl (C=O) groups is 1. The number of carbonyl (C=O) groups excluding carboxylic acids is 1. The fourth-order valence-electron chi connectivity index (χ4n) is 1.46. The van der Waals surface area contributed by atoms with Crippen LogP contribution in [-0.4, -0.2) is 11.1 Å². The summed E-state index contributed by atoms with van der Waals surface area (Å²) in [4.78, 5) is 11.0. The lowest BCUT2D eigenvalue weighted by atomic mass is 10.0. The lowest BCUT2D eigenvalue weighted by Crippen LogP contribution is -2.21. The van der Waals surface area contributed by atoms with Crippen molar-refractivity contribution in [1.82, 2.24) is 5.48 Å². The van der Waals surface area contributed by atoms with Crippen molar-refractivity contribution >= 4 is 5.91 Å². The zero-order valence-corrected chi connectivity index (χ0v) is 8.29. The zero-order chi connectivity index (χ0) is 10.4. The summed E-state index contributed by atoms with van der Waals surface area (Å²) in [5.41, 5.74) is 3.81. The average molecular weight is 193 g/mol. The number of hydroxylamine groups is 1. The van der Waals surface area contributed by atoms with Gasteiger partial charge in [0.2, 0.25) is 5.91 Å². The first-order valence-electron chi connectivity index (χ1n) is 4.77. The molecule has 1 amide bonds. The molecule has 3 heteroatoms. The van der Waals surface area contributed by atoms with Crippen LogP contribution in [0.4, 0.5) is 0 Å². The number of benzene rings is 1. The number of amides is 1. The van der Waals surface area contributed by atoms with E-state index in [1.54, 1.807) is 5.48 Å². The standard InChI is InChI=1S/C11H15NO2/c1-2-5-9-6-3-4-7-10(9)8-11(13)12-14/h3-4,6-7,14H,2,5,8H2,1H3,(H,12,13). The normalized spacial score (nSPS) is 9.86. The summed E-state index contributed by atoms with van der Waals surface area (Å²) in [7, 11) is 0. The molecule has 3 nitrogen and oxygen atoms in total. The molecule has 2 N–H and O–H groups in total. The summed E-state index contributed by atoms with van der Waals surface area (Å²) in [5, 5.41) is 8.42. The quantitative estimate of drug-likeness (QED) is 0.564. The van der Waals surface area contributed by atoms with Crippen molar-refractivity contribution in [3.05, 3.63) is 35.4 Å². The highest BCUT2D eigenvalue weighted by atomic mass is 16.5. The molecule has 0 fully saturated rings. The molecule has 0 radical (unpaired) electrons. The predicted octanol–water partition coefficient (Wildman–Crippen LogP) is 1.69. The van der Waals surface area contributed by atoms with Gasteiger partial charge >= 0.3 is 0 Å². The Labute approximate surface area is 83.7 Å². The number of hydrogen-bond acceptors (Lipinski definition) is 2. The maximum Gasteiger partial charge on any atom is 0.247 e. The molecule has 0 spiro atoms. The Kier molecular flexibility index (Phi) is 4.13. The van der Waals surface area contributed by atoms with Crippen molar-refractivity contribution in [2.75, 3.05) is 0 Å². The molecule has 0 aliphatic rings. The van der Waals surface area contributed by atoms with E-state index < -0.39 is 0 Å². The highest BCUT2D eigenvalue weighted by Gasteiger charge is 2.05. The Balaban J connectivity index is 2.78. The van der Waals surface area contributed by atoms with E-state index in [1.165, 1.54) is 5.56 Å². The van der Waals surface area contributed by atoms with Gasteiger partial charge in [-0.2, -0.15) is 0 Å². The van der Waals surface area contributed by atoms with Gasteiger partial charge in [-0.15, -0.1) is 0 Å². The van der Waals surface area contributed by atoms with E-state index in [0.29, 0.717) is 0 Å². The summed E-state index contributed by atoms with van der Waals surface area (Å²) >= 11 is 0. The molecule has 1 aromatic carbocycles. The summed E-state index contributed by atoms with van der Waals surface area (Å²) in [6.07, 6.45) is 2.26. The van der Waals surface area contributed by atoms with Crippen molar-refractivity contribution in [1.29, 1.82) is 0 Å². The minimum Gasteiger partial charge on any atom is -0.289 e. The Bertz CT molecular complexity index is 310. The topological polar surface area (TPSA) is 49.3 Å². The molecule has 76 valence electrons. The highest BCUT2D eigenvalue weighted by molar-refractivity contribution is 5.77. The van der Waals surface area contributed by atoms with Gasteiger partial charge < -0.3 is 0 Å². The maximum atomic E-state index is 11.0. The van der Waals surface area contributed by atoms with Crippen LogP contribution in [0.25, 0.3) is 0 Å². The molecular formula is C11H15NO2. The minimum atomic E-state index is -0.367. The van der Waals surface area contributed by atoms with E-state index in [-0.39, 0.29) is 12.3 Å². The van der Waals surface area contributed by atoms with E-state index in [0.717, 1.165) is 18.4 Å². The molecule has 1 aromatic rings. The van der Waals surface area contributed by atoms with E-state index in [9.17, 15) is 4.79 Å². The van der Waals surface area contributed by atoms with Crippen LogP contribution in [0.1, 0.15) is 24.5 Å². The van der Waals surface area contributed by atoms with E-state index >= 15 is 0 Å². The number of rotatable bonds is 4. The fraction of sp³-hybridized carbons (Fsp3) is 0.364. The van der Waals surface area contributed by atoms with Gasteiger partial charge in [-0.05, 0) is 17.5 Å². The molecule has 0 saturated carbocycles. The minimum absolute atomic E-state index is 0.243. The summed E-state index contributed by atoms with van der Waals surface area (Å²) in [6, 6.07) is 7.80. The summed E-state index contributed by atoms with van der Waals surface area (Å²) in [5.74, 6) is -0.367. The molecule has 0 aliphatic heterocycles. The second-order valence-corrected chi connectivity index (χ2v) is 3.23. The summed E-state index contributed by atoms with van der Waals surface area (Å²) < 4.78 is 0. The molecule has 0 atom stereocenters. The smallest absolute Gasteiger partial charge is 0.247 e. The van der Waals surface area contributed by atoms with Gasteiger partial charge in [-0.25, -0.2) is 5.48 Å². The van der Waals surface area contributed by atoms with Crippen LogP contribution in [-0.2, 0) is 17.6 Å². The third-order valence-corrected chi connectivity index (χ3v) is 2.11. The van der Waals surface area contributed by atoms with Crippen LogP contribution in [0.5, 0.6) is 0 Å². The molecule has 0 heterocycles. The van der Waals surface area contributed by atoms with Crippen LogP contribution >= 0.6 is 0 Å². The van der Waals surface area contributed by atoms with Crippen molar-refractivity contribution in [3.63, 3.8) is 0 Å². The summed E-state index contributed by atoms with van der Waals surface area (Å²) in [6.45, 7) is 2.10. The zero-order valence-electron chi connectivity index (χ0n) is 8.29. The Hall–Kier alpha value is -1.35. The second kappa shape index (κ2) is 5.40. The molecule has 0 unspecified atom stereocenters. The SMILES string of the molecule is CCCc1ccccc1CC(=O)NO. The first kappa shape index (κ1) is 10.7. The first-order valence-corrected chi connectivity index (χ1v) is 4.77. The second-order valence-electron chi connectivity index (χ2n) is 3.23. The van der Waals surface area contributed by atoms with Crippen molar-refractivity contribution < 1.29 is 10.0 Å². The van der Waals surface area contributed by atoms with Gasteiger partial charge in [0.25, 0.3) is 0 Å². The predicted molar refractivity (Wildman–Crippen MR) is 54.1 cm³/mol. The number of aryl methyl sites for hydroxylation is 1. The van der Waals surface area contributed by atoms with E-state index in [2.05, 4.69) is 6.92 Å². The van der Waals surface area contributed by atoms with Crippen molar-refractivity contribution in [3.8, 4) is 0 Å². The van der Waals surface area contributed by atoms with Crippen LogP contribution in [0.3, 0.4) is 0 Å². The average Bonchev–Trinajstić information content (AvgIpc) is 2.21. The Morgan fingerprint density at radius 1 is 1.36 bits per heavy atom. The number of hydrogen-bond donors (Lipinski definition) is 2. The first-order chi connectivity index (χ1) is 6.77. The molecule has 0 saturated heterocycles. The maximum absolute atomic E-state index is 11.0. The van der Waals surface area contributed by atoms with E-state index in [4.69, 9.17) is 5.21 Å². The Morgan fingerprint density at radius 2 is 2.00 bits per heavy atom. The molecule has 14 heavy (non-hydrogen) atoms. The molecule has 0 aromatic heterocycles. The van der Waals surface area contributed by atoms with Crippen LogP contribution in [0.15, 0.2) is 24.3 Å². The van der Waals surface area contributed by atoms with Crippen LogP contribution in [0, 0.1) is 0 Å². The van der Waals surface area contributed by atoms with Crippen LogP contribution < -0.4 is 5.48 Å². The monoisotopic (exact) mass is 193 g/mol. The van der Waals surface area contributed by atoms with Gasteiger partial charge in [0.05, 0.1) is 6.42 Å². The molecular weight excluding hydrogens is 178 g/mol. The third kappa shape index (κ3) is 2.85. The number of nitrogens with one attached hydrogen (secondary N) is 1. The fourth-order valence-corrected chi connectivity index (χ4v) is 1.46. The Morgan fingerprint density at radius 3 is 2.57 bits per heavy atom. The van der Waals surface area contributed by atoms with Gasteiger partial charge in [-0.1, -0.05) is 37.6 Å². The lowest BCUT2D eigenvalue weighted by molar-refractivity contribution is -0.128. The third-order valence-electron chi connectivity index (χ3n) is 2.11. The molecule has 0 aliphatic carbocycles. The van der Waals surface area contributed by atoms with Crippen molar-refractivity contribution in [2.24, 2.45) is 0 Å². The van der Waals surface area contributed by atoms with Gasteiger partial charge in [0, 0.05) is 0 Å². The molecule has 0 bridgehead atoms. The molecule has 1 rings (SSSR count). The van der Waals surface area contributed by atoms with Gasteiger partial charge in [0.15, 0.2) is 0 Å².